The zero-order valence-corrected chi connectivity index (χ0v) is 12.3. The van der Waals surface area contributed by atoms with Crippen LogP contribution in [0.1, 0.15) is 24.1 Å². The smallest absolute Gasteiger partial charge is 0.311 e. The quantitative estimate of drug-likeness (QED) is 0.791. The maximum absolute atomic E-state index is 13.5. The molecule has 2 rings (SSSR count). The predicted octanol–water partition coefficient (Wildman–Crippen LogP) is 0.743. The van der Waals surface area contributed by atoms with E-state index in [0.717, 1.165) is 0 Å². The normalized spacial score (nSPS) is 16.4. The lowest BCUT2D eigenvalue weighted by atomic mass is 10.1. The summed E-state index contributed by atoms with van der Waals surface area (Å²) in [7, 11) is 0. The van der Waals surface area contributed by atoms with Gasteiger partial charge in [0.2, 0.25) is 0 Å². The second-order valence-electron chi connectivity index (χ2n) is 5.25. The minimum Gasteiger partial charge on any atom is -0.341 e. The van der Waals surface area contributed by atoms with Gasteiger partial charge in [0.25, 0.3) is 0 Å². The van der Waals surface area contributed by atoms with E-state index in [0.29, 0.717) is 37.3 Å². The third-order valence-corrected chi connectivity index (χ3v) is 3.64. The number of carbonyl (C=O) groups excluding carboxylic acids is 2. The summed E-state index contributed by atoms with van der Waals surface area (Å²) in [6.07, 6.45) is 0. The van der Waals surface area contributed by atoms with Crippen LogP contribution in [0, 0.1) is 12.7 Å². The highest BCUT2D eigenvalue weighted by Crippen LogP contribution is 2.16. The first-order valence-electron chi connectivity index (χ1n) is 7.05. The average molecular weight is 293 g/mol. The summed E-state index contributed by atoms with van der Waals surface area (Å²) in [5.74, 6) is -1.50. The number of aryl methyl sites for hydroxylation is 1. The summed E-state index contributed by atoms with van der Waals surface area (Å²) < 4.78 is 13.5. The van der Waals surface area contributed by atoms with E-state index >= 15 is 0 Å². The lowest BCUT2D eigenvalue weighted by Crippen LogP contribution is -2.51. The van der Waals surface area contributed by atoms with Gasteiger partial charge in [0.1, 0.15) is 5.82 Å². The first kappa shape index (κ1) is 15.4. The zero-order chi connectivity index (χ0) is 15.4. The van der Waals surface area contributed by atoms with Crippen molar-refractivity contribution in [2.24, 2.45) is 0 Å². The van der Waals surface area contributed by atoms with E-state index < -0.39 is 17.9 Å². The summed E-state index contributed by atoms with van der Waals surface area (Å²) in [4.78, 5) is 25.5. The van der Waals surface area contributed by atoms with Crippen LogP contribution in [0.3, 0.4) is 0 Å². The molecule has 114 valence electrons. The molecule has 1 aromatic rings. The van der Waals surface area contributed by atoms with E-state index in [1.54, 1.807) is 26.0 Å². The number of carbonyl (C=O) groups is 2. The van der Waals surface area contributed by atoms with Crippen LogP contribution in [-0.2, 0) is 9.59 Å². The molecule has 0 saturated carbocycles. The third kappa shape index (κ3) is 3.78. The summed E-state index contributed by atoms with van der Waals surface area (Å²) in [5.41, 5.74) is 1.19. The Morgan fingerprint density at radius 1 is 1.33 bits per heavy atom. The largest absolute Gasteiger partial charge is 0.341 e. The first-order valence-corrected chi connectivity index (χ1v) is 7.05. The lowest BCUT2D eigenvalue weighted by Gasteiger charge is -2.27. The predicted molar refractivity (Wildman–Crippen MR) is 77.1 cm³/mol. The van der Waals surface area contributed by atoms with Gasteiger partial charge in [-0.2, -0.15) is 0 Å². The minimum atomic E-state index is -0.648. The van der Waals surface area contributed by atoms with Crippen LogP contribution < -0.4 is 10.6 Å². The summed E-state index contributed by atoms with van der Waals surface area (Å²) in [6.45, 7) is 5.85. The molecule has 1 aromatic carbocycles. The van der Waals surface area contributed by atoms with Crippen LogP contribution >= 0.6 is 0 Å². The Kier molecular flexibility index (Phi) is 4.90. The van der Waals surface area contributed by atoms with Gasteiger partial charge in [-0.25, -0.2) is 4.39 Å². The molecule has 1 fully saturated rings. The van der Waals surface area contributed by atoms with Gasteiger partial charge in [-0.05, 0) is 31.0 Å². The Labute approximate surface area is 123 Å². The lowest BCUT2D eigenvalue weighted by molar-refractivity contribution is -0.146. The van der Waals surface area contributed by atoms with Crippen molar-refractivity contribution in [2.45, 2.75) is 19.9 Å². The summed E-state index contributed by atoms with van der Waals surface area (Å²) in [5, 5.41) is 5.74. The molecule has 1 unspecified atom stereocenters. The Balaban J connectivity index is 1.97. The van der Waals surface area contributed by atoms with Crippen molar-refractivity contribution in [3.05, 3.63) is 35.1 Å². The van der Waals surface area contributed by atoms with Crippen LogP contribution in [0.4, 0.5) is 4.39 Å². The number of rotatable bonds is 2. The molecule has 1 aliphatic heterocycles. The Morgan fingerprint density at radius 3 is 2.62 bits per heavy atom. The van der Waals surface area contributed by atoms with Gasteiger partial charge >= 0.3 is 11.8 Å². The number of piperazine rings is 1. The highest BCUT2D eigenvalue weighted by molar-refractivity contribution is 6.35. The molecule has 1 heterocycles. The van der Waals surface area contributed by atoms with Crippen molar-refractivity contribution in [1.82, 2.24) is 15.5 Å². The molecule has 0 spiro atoms. The Morgan fingerprint density at radius 2 is 2.00 bits per heavy atom. The number of nitrogens with zero attached hydrogens (tertiary/aromatic N) is 1. The van der Waals surface area contributed by atoms with Crippen LogP contribution in [0.25, 0.3) is 0 Å². The molecule has 1 atom stereocenters. The first-order chi connectivity index (χ1) is 9.99. The molecule has 2 amide bonds. The van der Waals surface area contributed by atoms with Crippen molar-refractivity contribution in [1.29, 1.82) is 0 Å². The van der Waals surface area contributed by atoms with E-state index in [2.05, 4.69) is 10.6 Å². The molecule has 21 heavy (non-hydrogen) atoms. The number of benzene rings is 1. The van der Waals surface area contributed by atoms with Gasteiger partial charge in [0, 0.05) is 26.2 Å². The van der Waals surface area contributed by atoms with E-state index in [4.69, 9.17) is 0 Å². The van der Waals surface area contributed by atoms with Crippen molar-refractivity contribution >= 4 is 11.8 Å². The maximum atomic E-state index is 13.5. The molecule has 2 N–H and O–H groups in total. The topological polar surface area (TPSA) is 61.4 Å². The molecule has 1 aliphatic rings. The fourth-order valence-electron chi connectivity index (χ4n) is 2.23. The van der Waals surface area contributed by atoms with E-state index in [9.17, 15) is 14.0 Å². The standard InChI is InChI=1S/C15H20FN3O2/c1-10-3-4-12(9-13(10)16)11(2)18-14(20)15(21)19-7-5-17-6-8-19/h3-4,9,11,17H,5-8H2,1-2H3,(H,18,20). The number of hydrogen-bond acceptors (Lipinski definition) is 3. The highest BCUT2D eigenvalue weighted by atomic mass is 19.1. The molecule has 1 saturated heterocycles. The van der Waals surface area contributed by atoms with Crippen LogP contribution in [0.2, 0.25) is 0 Å². The SMILES string of the molecule is Cc1ccc(C(C)NC(=O)C(=O)N2CCNCC2)cc1F. The molecule has 0 bridgehead atoms. The minimum absolute atomic E-state index is 0.318. The van der Waals surface area contributed by atoms with Crippen molar-refractivity contribution in [3.63, 3.8) is 0 Å². The van der Waals surface area contributed by atoms with Crippen molar-refractivity contribution in [2.75, 3.05) is 26.2 Å². The number of amides is 2. The zero-order valence-electron chi connectivity index (χ0n) is 12.3. The number of hydrogen-bond donors (Lipinski definition) is 2. The van der Waals surface area contributed by atoms with Gasteiger partial charge in [0.05, 0.1) is 6.04 Å². The van der Waals surface area contributed by atoms with Gasteiger partial charge in [-0.1, -0.05) is 12.1 Å². The van der Waals surface area contributed by atoms with Crippen LogP contribution in [-0.4, -0.2) is 42.9 Å². The monoisotopic (exact) mass is 293 g/mol. The molecular formula is C15H20FN3O2. The van der Waals surface area contributed by atoms with E-state index in [1.807, 2.05) is 0 Å². The average Bonchev–Trinajstić information content (AvgIpc) is 2.50. The molecular weight excluding hydrogens is 273 g/mol. The fraction of sp³-hybridized carbons (Fsp3) is 0.467. The summed E-state index contributed by atoms with van der Waals surface area (Å²) >= 11 is 0. The van der Waals surface area contributed by atoms with Gasteiger partial charge in [-0.3, -0.25) is 9.59 Å². The van der Waals surface area contributed by atoms with Gasteiger partial charge in [0.15, 0.2) is 0 Å². The molecule has 5 nitrogen and oxygen atoms in total. The molecule has 0 radical (unpaired) electrons. The second-order valence-corrected chi connectivity index (χ2v) is 5.25. The maximum Gasteiger partial charge on any atom is 0.311 e. The second kappa shape index (κ2) is 6.67. The van der Waals surface area contributed by atoms with Crippen LogP contribution in [0.5, 0.6) is 0 Å². The van der Waals surface area contributed by atoms with Crippen LogP contribution in [0.15, 0.2) is 18.2 Å². The van der Waals surface area contributed by atoms with E-state index in [-0.39, 0.29) is 5.82 Å². The molecule has 0 aliphatic carbocycles. The summed E-state index contributed by atoms with van der Waals surface area (Å²) in [6, 6.07) is 4.37. The highest BCUT2D eigenvalue weighted by Gasteiger charge is 2.24. The number of halogens is 1. The number of nitrogens with one attached hydrogen (secondary N) is 2. The van der Waals surface area contributed by atoms with Crippen molar-refractivity contribution < 1.29 is 14.0 Å². The van der Waals surface area contributed by atoms with Gasteiger partial charge in [-0.15, -0.1) is 0 Å². The Hall–Kier alpha value is -1.95. The fourth-order valence-corrected chi connectivity index (χ4v) is 2.23. The van der Waals surface area contributed by atoms with E-state index in [1.165, 1.54) is 11.0 Å². The third-order valence-electron chi connectivity index (χ3n) is 3.64. The molecule has 0 aromatic heterocycles. The Bertz CT molecular complexity index is 542. The van der Waals surface area contributed by atoms with Crippen molar-refractivity contribution in [3.8, 4) is 0 Å². The van der Waals surface area contributed by atoms with Gasteiger partial charge < -0.3 is 15.5 Å². The molecule has 6 heteroatoms.